The van der Waals surface area contributed by atoms with Crippen molar-refractivity contribution >= 4 is 18.4 Å². The molecule has 0 amide bonds. The highest BCUT2D eigenvalue weighted by Gasteiger charge is 2.13. The summed E-state index contributed by atoms with van der Waals surface area (Å²) >= 11 is 0. The second-order valence-corrected chi connectivity index (χ2v) is 2.63. The Morgan fingerprint density at radius 2 is 2.42 bits per heavy atom. The second-order valence-electron chi connectivity index (χ2n) is 2.63. The molecule has 0 aromatic carbocycles. The molecule has 1 saturated heterocycles. The molecule has 0 bridgehead atoms. The SMILES string of the molecule is Cl.O=C(O)CCC1CNCCO1. The van der Waals surface area contributed by atoms with Gasteiger partial charge in [-0.1, -0.05) is 0 Å². The van der Waals surface area contributed by atoms with Gasteiger partial charge in [0.2, 0.25) is 0 Å². The van der Waals surface area contributed by atoms with Crippen molar-refractivity contribution in [2.75, 3.05) is 19.7 Å². The molecule has 1 aliphatic heterocycles. The van der Waals surface area contributed by atoms with E-state index in [4.69, 9.17) is 9.84 Å². The van der Waals surface area contributed by atoms with Crippen LogP contribution in [-0.2, 0) is 9.53 Å². The van der Waals surface area contributed by atoms with E-state index in [-0.39, 0.29) is 24.9 Å². The van der Waals surface area contributed by atoms with Gasteiger partial charge in [-0.3, -0.25) is 4.79 Å². The fraction of sp³-hybridized carbons (Fsp3) is 0.857. The lowest BCUT2D eigenvalue weighted by Crippen LogP contribution is -2.38. The summed E-state index contributed by atoms with van der Waals surface area (Å²) in [5, 5.41) is 11.5. The predicted octanol–water partition coefficient (Wildman–Crippen LogP) is 0.261. The van der Waals surface area contributed by atoms with Gasteiger partial charge in [0.05, 0.1) is 12.7 Å². The molecule has 0 aliphatic carbocycles. The minimum atomic E-state index is -0.751. The molecule has 1 aliphatic rings. The molecule has 0 saturated carbocycles. The highest BCUT2D eigenvalue weighted by atomic mass is 35.5. The zero-order valence-corrected chi connectivity index (χ0v) is 7.60. The molecule has 0 aromatic heterocycles. The maximum absolute atomic E-state index is 10.2. The van der Waals surface area contributed by atoms with Crippen molar-refractivity contribution in [1.82, 2.24) is 5.32 Å². The lowest BCUT2D eigenvalue weighted by atomic mass is 10.2. The van der Waals surface area contributed by atoms with Crippen molar-refractivity contribution in [2.45, 2.75) is 18.9 Å². The number of hydrogen-bond donors (Lipinski definition) is 2. The molecule has 0 aromatic rings. The summed E-state index contributed by atoms with van der Waals surface area (Å²) < 4.78 is 5.30. The van der Waals surface area contributed by atoms with E-state index in [9.17, 15) is 4.79 Å². The Morgan fingerprint density at radius 1 is 1.67 bits per heavy atom. The van der Waals surface area contributed by atoms with Crippen molar-refractivity contribution in [3.63, 3.8) is 0 Å². The maximum atomic E-state index is 10.2. The summed E-state index contributed by atoms with van der Waals surface area (Å²) in [5.74, 6) is -0.751. The first-order chi connectivity index (χ1) is 5.29. The lowest BCUT2D eigenvalue weighted by Gasteiger charge is -2.22. The molecule has 2 N–H and O–H groups in total. The molecule has 1 rings (SSSR count). The van der Waals surface area contributed by atoms with Crippen molar-refractivity contribution in [3.8, 4) is 0 Å². The van der Waals surface area contributed by atoms with Gasteiger partial charge in [-0.05, 0) is 6.42 Å². The number of ether oxygens (including phenoxy) is 1. The van der Waals surface area contributed by atoms with Crippen LogP contribution in [0.3, 0.4) is 0 Å². The zero-order chi connectivity index (χ0) is 8.10. The highest BCUT2D eigenvalue weighted by molar-refractivity contribution is 5.85. The van der Waals surface area contributed by atoms with Crippen LogP contribution in [0.15, 0.2) is 0 Å². The normalized spacial score (nSPS) is 22.8. The Kier molecular flexibility index (Phi) is 6.06. The number of halogens is 1. The lowest BCUT2D eigenvalue weighted by molar-refractivity contribution is -0.138. The first kappa shape index (κ1) is 11.7. The van der Waals surface area contributed by atoms with E-state index >= 15 is 0 Å². The smallest absolute Gasteiger partial charge is 0.303 e. The van der Waals surface area contributed by atoms with Crippen LogP contribution in [0.1, 0.15) is 12.8 Å². The van der Waals surface area contributed by atoms with Gasteiger partial charge in [0.15, 0.2) is 0 Å². The maximum Gasteiger partial charge on any atom is 0.303 e. The fourth-order valence-electron chi connectivity index (χ4n) is 1.09. The third-order valence-electron chi connectivity index (χ3n) is 1.68. The molecule has 4 nitrogen and oxygen atoms in total. The summed E-state index contributed by atoms with van der Waals surface area (Å²) in [4.78, 5) is 10.2. The van der Waals surface area contributed by atoms with Crippen LogP contribution in [0.25, 0.3) is 0 Å². The number of carboxylic acids is 1. The molecular weight excluding hydrogens is 182 g/mol. The van der Waals surface area contributed by atoms with Gasteiger partial charge >= 0.3 is 5.97 Å². The van der Waals surface area contributed by atoms with Gasteiger partial charge in [-0.15, -0.1) is 12.4 Å². The number of morpholine rings is 1. The number of carboxylic acid groups (broad SMARTS) is 1. The standard InChI is InChI=1S/C7H13NO3.ClH/c9-7(10)2-1-6-5-8-3-4-11-6;/h6,8H,1-5H2,(H,9,10);1H. The van der Waals surface area contributed by atoms with Crippen LogP contribution in [0, 0.1) is 0 Å². The van der Waals surface area contributed by atoms with Crippen LogP contribution < -0.4 is 5.32 Å². The van der Waals surface area contributed by atoms with E-state index in [1.165, 1.54) is 0 Å². The van der Waals surface area contributed by atoms with Crippen LogP contribution >= 0.6 is 12.4 Å². The number of rotatable bonds is 3. The van der Waals surface area contributed by atoms with Crippen molar-refractivity contribution in [2.24, 2.45) is 0 Å². The van der Waals surface area contributed by atoms with E-state index in [1.54, 1.807) is 0 Å². The van der Waals surface area contributed by atoms with Crippen molar-refractivity contribution < 1.29 is 14.6 Å². The van der Waals surface area contributed by atoms with Gasteiger partial charge in [-0.25, -0.2) is 0 Å². The molecule has 5 heteroatoms. The third kappa shape index (κ3) is 4.54. The van der Waals surface area contributed by atoms with E-state index in [1.807, 2.05) is 0 Å². The monoisotopic (exact) mass is 195 g/mol. The molecule has 72 valence electrons. The van der Waals surface area contributed by atoms with Crippen LogP contribution in [0.4, 0.5) is 0 Å². The quantitative estimate of drug-likeness (QED) is 0.679. The first-order valence-electron chi connectivity index (χ1n) is 3.83. The minimum absolute atomic E-state index is 0. The summed E-state index contributed by atoms with van der Waals surface area (Å²) in [6.45, 7) is 2.36. The Labute approximate surface area is 77.7 Å². The molecule has 1 fully saturated rings. The molecule has 0 spiro atoms. The van der Waals surface area contributed by atoms with Gasteiger partial charge < -0.3 is 15.2 Å². The van der Waals surface area contributed by atoms with Crippen LogP contribution in [-0.4, -0.2) is 36.9 Å². The number of aliphatic carboxylic acids is 1. The molecule has 1 unspecified atom stereocenters. The summed E-state index contributed by atoms with van der Waals surface area (Å²) in [6, 6.07) is 0. The van der Waals surface area contributed by atoms with Gasteiger partial charge in [-0.2, -0.15) is 0 Å². The van der Waals surface area contributed by atoms with Gasteiger partial charge in [0.25, 0.3) is 0 Å². The minimum Gasteiger partial charge on any atom is -0.481 e. The number of hydrogen-bond acceptors (Lipinski definition) is 3. The van der Waals surface area contributed by atoms with Crippen LogP contribution in [0.5, 0.6) is 0 Å². The Morgan fingerprint density at radius 3 is 2.92 bits per heavy atom. The Hall–Kier alpha value is -0.320. The largest absolute Gasteiger partial charge is 0.481 e. The Bertz CT molecular complexity index is 137. The molecule has 0 radical (unpaired) electrons. The van der Waals surface area contributed by atoms with E-state index < -0.39 is 5.97 Å². The number of carbonyl (C=O) groups is 1. The van der Waals surface area contributed by atoms with Gasteiger partial charge in [0, 0.05) is 19.5 Å². The number of nitrogens with one attached hydrogen (secondary N) is 1. The summed E-state index contributed by atoms with van der Waals surface area (Å²) in [5.41, 5.74) is 0. The highest BCUT2D eigenvalue weighted by Crippen LogP contribution is 2.03. The summed E-state index contributed by atoms with van der Waals surface area (Å²) in [7, 11) is 0. The van der Waals surface area contributed by atoms with E-state index in [0.29, 0.717) is 13.0 Å². The fourth-order valence-corrected chi connectivity index (χ4v) is 1.09. The Balaban J connectivity index is 0.00000121. The van der Waals surface area contributed by atoms with Crippen molar-refractivity contribution in [1.29, 1.82) is 0 Å². The second kappa shape index (κ2) is 6.22. The molecule has 12 heavy (non-hydrogen) atoms. The predicted molar refractivity (Wildman–Crippen MR) is 46.7 cm³/mol. The third-order valence-corrected chi connectivity index (χ3v) is 1.68. The van der Waals surface area contributed by atoms with Crippen LogP contribution in [0.2, 0.25) is 0 Å². The summed E-state index contributed by atoms with van der Waals surface area (Å²) in [6.07, 6.45) is 0.911. The average Bonchev–Trinajstić information content (AvgIpc) is 2.03. The van der Waals surface area contributed by atoms with E-state index in [2.05, 4.69) is 5.32 Å². The molecule has 1 atom stereocenters. The molecule has 1 heterocycles. The van der Waals surface area contributed by atoms with Crippen molar-refractivity contribution in [3.05, 3.63) is 0 Å². The first-order valence-corrected chi connectivity index (χ1v) is 3.83. The van der Waals surface area contributed by atoms with E-state index in [0.717, 1.165) is 13.1 Å². The molecular formula is C7H14ClNO3. The average molecular weight is 196 g/mol. The zero-order valence-electron chi connectivity index (χ0n) is 6.78. The van der Waals surface area contributed by atoms with Gasteiger partial charge in [0.1, 0.15) is 0 Å². The topological polar surface area (TPSA) is 58.6 Å².